The highest BCUT2D eigenvalue weighted by atomic mass is 16.5. The van der Waals surface area contributed by atoms with E-state index in [0.29, 0.717) is 12.1 Å². The molecule has 3 amide bonds. The molecule has 0 aromatic heterocycles. The third-order valence-electron chi connectivity index (χ3n) is 7.14. The number of carbonyl (C=O) groups is 4. The number of hydrogen-bond acceptors (Lipinski definition) is 5. The molecule has 4 atom stereocenters. The molecule has 7 heteroatoms. The summed E-state index contributed by atoms with van der Waals surface area (Å²) in [6, 6.07) is 12.4. The van der Waals surface area contributed by atoms with Gasteiger partial charge < -0.3 is 9.64 Å². The van der Waals surface area contributed by atoms with Gasteiger partial charge in [0.25, 0.3) is 0 Å². The van der Waals surface area contributed by atoms with Gasteiger partial charge >= 0.3 is 5.97 Å². The zero-order valence-corrected chi connectivity index (χ0v) is 20.1. The first-order valence-electron chi connectivity index (χ1n) is 12.0. The number of imide groups is 1. The summed E-state index contributed by atoms with van der Waals surface area (Å²) >= 11 is 0. The summed E-state index contributed by atoms with van der Waals surface area (Å²) in [6.45, 7) is 6.14. The van der Waals surface area contributed by atoms with E-state index in [1.165, 1.54) is 4.90 Å². The van der Waals surface area contributed by atoms with E-state index in [-0.39, 0.29) is 54.2 Å². The molecular formula is C28H28N2O5. The standard InChI is InChI=1S/C28H28N2O5/c1-16-10-17(2)12-21(11-16)29-15-19(13-24(29)31)28(34)35-22-8-5-7-20(14-22)30-26(32)23-9-4-6-18(3)25(23)27(30)33/h4-8,10-12,14,18-19,23,25H,9,13,15H2,1-3H3/t18-,19+,23-,25+/m1/s1. The van der Waals surface area contributed by atoms with Crippen molar-refractivity contribution >= 4 is 35.1 Å². The molecule has 0 radical (unpaired) electrons. The van der Waals surface area contributed by atoms with Gasteiger partial charge in [-0.2, -0.15) is 0 Å². The van der Waals surface area contributed by atoms with Crippen molar-refractivity contribution in [2.75, 3.05) is 16.3 Å². The molecule has 2 saturated heterocycles. The van der Waals surface area contributed by atoms with Crippen LogP contribution in [-0.2, 0) is 19.2 Å². The van der Waals surface area contributed by atoms with E-state index >= 15 is 0 Å². The molecule has 2 aromatic carbocycles. The number of esters is 1. The number of amides is 3. The van der Waals surface area contributed by atoms with Crippen LogP contribution < -0.4 is 14.5 Å². The molecule has 2 heterocycles. The average Bonchev–Trinajstić information content (AvgIpc) is 3.31. The number of hydrogen-bond donors (Lipinski definition) is 0. The highest BCUT2D eigenvalue weighted by Gasteiger charge is 2.50. The summed E-state index contributed by atoms with van der Waals surface area (Å²) in [7, 11) is 0. The van der Waals surface area contributed by atoms with Crippen LogP contribution in [0.5, 0.6) is 5.75 Å². The number of rotatable bonds is 4. The van der Waals surface area contributed by atoms with E-state index in [9.17, 15) is 19.2 Å². The van der Waals surface area contributed by atoms with Crippen LogP contribution in [0.1, 0.15) is 30.9 Å². The lowest BCUT2D eigenvalue weighted by atomic mass is 9.78. The van der Waals surface area contributed by atoms with Crippen molar-refractivity contribution in [1.29, 1.82) is 0 Å². The fourth-order valence-corrected chi connectivity index (χ4v) is 5.51. The Hall–Kier alpha value is -3.74. The van der Waals surface area contributed by atoms with E-state index in [4.69, 9.17) is 4.74 Å². The van der Waals surface area contributed by atoms with Gasteiger partial charge in [-0.05, 0) is 61.6 Å². The molecule has 0 saturated carbocycles. The quantitative estimate of drug-likeness (QED) is 0.291. The van der Waals surface area contributed by atoms with Crippen molar-refractivity contribution in [3.63, 3.8) is 0 Å². The topological polar surface area (TPSA) is 84.0 Å². The molecular weight excluding hydrogens is 444 g/mol. The Balaban J connectivity index is 1.30. The van der Waals surface area contributed by atoms with Crippen molar-refractivity contribution in [1.82, 2.24) is 0 Å². The Morgan fingerprint density at radius 1 is 0.971 bits per heavy atom. The summed E-state index contributed by atoms with van der Waals surface area (Å²) in [5, 5.41) is 0. The van der Waals surface area contributed by atoms with Gasteiger partial charge in [0, 0.05) is 24.7 Å². The van der Waals surface area contributed by atoms with Crippen molar-refractivity contribution < 1.29 is 23.9 Å². The molecule has 0 spiro atoms. The zero-order chi connectivity index (χ0) is 24.9. The maximum absolute atomic E-state index is 13.1. The van der Waals surface area contributed by atoms with Crippen LogP contribution in [0.2, 0.25) is 0 Å². The summed E-state index contributed by atoms with van der Waals surface area (Å²) in [5.74, 6) is -2.14. The van der Waals surface area contributed by atoms with E-state index in [0.717, 1.165) is 16.8 Å². The van der Waals surface area contributed by atoms with Crippen LogP contribution in [0.3, 0.4) is 0 Å². The van der Waals surface area contributed by atoms with E-state index in [1.54, 1.807) is 29.2 Å². The number of ether oxygens (including phenoxy) is 1. The van der Waals surface area contributed by atoms with Gasteiger partial charge in [0.1, 0.15) is 5.75 Å². The Morgan fingerprint density at radius 2 is 1.71 bits per heavy atom. The summed E-state index contributed by atoms with van der Waals surface area (Å²) in [5.41, 5.74) is 3.27. The maximum atomic E-state index is 13.1. The van der Waals surface area contributed by atoms with E-state index in [1.807, 2.05) is 51.1 Å². The minimum atomic E-state index is -0.600. The lowest BCUT2D eigenvalue weighted by molar-refractivity contribution is -0.139. The first-order chi connectivity index (χ1) is 16.7. The molecule has 3 aliphatic rings. The molecule has 1 aliphatic carbocycles. The summed E-state index contributed by atoms with van der Waals surface area (Å²) in [6.07, 6.45) is 4.57. The molecule has 0 bridgehead atoms. The second kappa shape index (κ2) is 8.80. The second-order valence-electron chi connectivity index (χ2n) is 9.84. The summed E-state index contributed by atoms with van der Waals surface area (Å²) in [4.78, 5) is 54.5. The molecule has 35 heavy (non-hydrogen) atoms. The number of aryl methyl sites for hydroxylation is 2. The maximum Gasteiger partial charge on any atom is 0.316 e. The molecule has 180 valence electrons. The van der Waals surface area contributed by atoms with Crippen molar-refractivity contribution in [2.45, 2.75) is 33.6 Å². The van der Waals surface area contributed by atoms with Gasteiger partial charge in [0.2, 0.25) is 17.7 Å². The van der Waals surface area contributed by atoms with Gasteiger partial charge in [-0.3, -0.25) is 19.2 Å². The van der Waals surface area contributed by atoms with Crippen LogP contribution in [0, 0.1) is 37.5 Å². The largest absolute Gasteiger partial charge is 0.426 e. The predicted molar refractivity (Wildman–Crippen MR) is 131 cm³/mol. The molecule has 2 aliphatic heterocycles. The van der Waals surface area contributed by atoms with Crippen molar-refractivity contribution in [2.24, 2.45) is 23.7 Å². The minimum absolute atomic E-state index is 0.00347. The Kier molecular flexibility index (Phi) is 5.79. The zero-order valence-electron chi connectivity index (χ0n) is 20.1. The van der Waals surface area contributed by atoms with Crippen molar-refractivity contribution in [3.8, 4) is 5.75 Å². The van der Waals surface area contributed by atoms with Crippen molar-refractivity contribution in [3.05, 3.63) is 65.7 Å². The van der Waals surface area contributed by atoms with Gasteiger partial charge in [-0.25, -0.2) is 4.90 Å². The lowest BCUT2D eigenvalue weighted by Gasteiger charge is -2.22. The first-order valence-corrected chi connectivity index (χ1v) is 12.0. The van der Waals surface area contributed by atoms with Crippen LogP contribution in [-0.4, -0.2) is 30.2 Å². The molecule has 2 aromatic rings. The first kappa shape index (κ1) is 23.0. The fourth-order valence-electron chi connectivity index (χ4n) is 5.51. The predicted octanol–water partition coefficient (Wildman–Crippen LogP) is 3.96. The smallest absolute Gasteiger partial charge is 0.316 e. The van der Waals surface area contributed by atoms with E-state index in [2.05, 4.69) is 0 Å². The summed E-state index contributed by atoms with van der Waals surface area (Å²) < 4.78 is 5.61. The molecule has 2 fully saturated rings. The molecule has 7 nitrogen and oxygen atoms in total. The van der Waals surface area contributed by atoms with Gasteiger partial charge in [0.05, 0.1) is 23.4 Å². The second-order valence-corrected chi connectivity index (χ2v) is 9.84. The number of anilines is 2. The Morgan fingerprint density at radius 3 is 2.43 bits per heavy atom. The average molecular weight is 473 g/mol. The minimum Gasteiger partial charge on any atom is -0.426 e. The number of fused-ring (bicyclic) bond motifs is 1. The van der Waals surface area contributed by atoms with Crippen LogP contribution in [0.4, 0.5) is 11.4 Å². The van der Waals surface area contributed by atoms with E-state index < -0.39 is 11.9 Å². The Labute approximate surface area is 204 Å². The van der Waals surface area contributed by atoms with Gasteiger partial charge in [-0.1, -0.05) is 31.2 Å². The number of nitrogens with zero attached hydrogens (tertiary/aromatic N) is 2. The molecule has 0 unspecified atom stereocenters. The fraction of sp³-hybridized carbons (Fsp3) is 0.357. The highest BCUT2D eigenvalue weighted by molar-refractivity contribution is 6.22. The van der Waals surface area contributed by atoms with Gasteiger partial charge in [-0.15, -0.1) is 0 Å². The number of benzene rings is 2. The number of allylic oxidation sites excluding steroid dienone is 2. The lowest BCUT2D eigenvalue weighted by Crippen LogP contribution is -2.31. The van der Waals surface area contributed by atoms with Crippen LogP contribution in [0.15, 0.2) is 54.6 Å². The highest BCUT2D eigenvalue weighted by Crippen LogP contribution is 2.41. The SMILES string of the molecule is Cc1cc(C)cc(N2C[C@@H](C(=O)Oc3cccc(N4C(=O)[C@H]5[C@H](C)C=CC[C@H]5C4=O)c3)CC2=O)c1. The van der Waals surface area contributed by atoms with Crippen LogP contribution in [0.25, 0.3) is 0 Å². The number of carbonyl (C=O) groups excluding carboxylic acids is 4. The monoisotopic (exact) mass is 472 g/mol. The normalized spacial score (nSPS) is 25.9. The molecule has 5 rings (SSSR count). The third-order valence-corrected chi connectivity index (χ3v) is 7.14. The van der Waals surface area contributed by atoms with Crippen LogP contribution >= 0.6 is 0 Å². The van der Waals surface area contributed by atoms with Gasteiger partial charge in [0.15, 0.2) is 0 Å². The Bertz CT molecular complexity index is 1250. The third kappa shape index (κ3) is 4.16. The molecule has 0 N–H and O–H groups in total.